The quantitative estimate of drug-likeness (QED) is 0.135. The molecule has 0 aliphatic carbocycles. The SMILES string of the molecule is C(=Cc1ccc(-n2c3ccc(-c4ccccc4)cc3c3cc(-c4ccccc4)ccc32)cc1)c1ccc(-n2c3ccc(-c4ccccc4)cc3c3cc(-c4ccccc4)ccc32)cc1. The van der Waals surface area contributed by atoms with Crippen LogP contribution in [-0.2, 0) is 0 Å². The lowest BCUT2D eigenvalue weighted by Gasteiger charge is -2.10. The zero-order valence-electron chi connectivity index (χ0n) is 35.1. The molecule has 12 aromatic rings. The van der Waals surface area contributed by atoms with Gasteiger partial charge in [0.05, 0.1) is 22.1 Å². The molecule has 2 nitrogen and oxygen atoms in total. The van der Waals surface area contributed by atoms with Crippen molar-refractivity contribution in [3.8, 4) is 55.9 Å². The maximum atomic E-state index is 2.40. The van der Waals surface area contributed by atoms with E-state index >= 15 is 0 Å². The zero-order chi connectivity index (χ0) is 42.4. The number of hydrogen-bond acceptors (Lipinski definition) is 0. The van der Waals surface area contributed by atoms with Gasteiger partial charge in [-0.3, -0.25) is 0 Å². The summed E-state index contributed by atoms with van der Waals surface area (Å²) >= 11 is 0. The van der Waals surface area contributed by atoms with Crippen LogP contribution in [0.2, 0.25) is 0 Å². The van der Waals surface area contributed by atoms with Gasteiger partial charge in [-0.05, 0) is 128 Å². The fraction of sp³-hybridized carbons (Fsp3) is 0. The molecule has 0 fully saturated rings. The normalized spacial score (nSPS) is 11.7. The molecule has 2 heteroatoms. The Morgan fingerprint density at radius 2 is 0.469 bits per heavy atom. The Kier molecular flexibility index (Phi) is 9.20. The topological polar surface area (TPSA) is 9.86 Å². The molecule has 0 amide bonds. The van der Waals surface area contributed by atoms with Gasteiger partial charge in [-0.25, -0.2) is 0 Å². The van der Waals surface area contributed by atoms with E-state index in [2.05, 4.69) is 264 Å². The average Bonchev–Trinajstić information content (AvgIpc) is 3.88. The van der Waals surface area contributed by atoms with Crippen LogP contribution in [0, 0.1) is 0 Å². The highest BCUT2D eigenvalue weighted by Gasteiger charge is 2.17. The predicted octanol–water partition coefficient (Wildman–Crippen LogP) is 16.7. The minimum atomic E-state index is 1.14. The first-order chi connectivity index (χ1) is 31.7. The van der Waals surface area contributed by atoms with E-state index < -0.39 is 0 Å². The van der Waals surface area contributed by atoms with Crippen LogP contribution in [0.4, 0.5) is 0 Å². The van der Waals surface area contributed by atoms with Crippen LogP contribution in [0.15, 0.2) is 243 Å². The second-order valence-electron chi connectivity index (χ2n) is 16.6. The Balaban J connectivity index is 0.871. The summed E-state index contributed by atoms with van der Waals surface area (Å²) in [5.74, 6) is 0. The van der Waals surface area contributed by atoms with Crippen molar-refractivity contribution in [2.45, 2.75) is 0 Å². The van der Waals surface area contributed by atoms with E-state index in [1.165, 1.54) is 88.1 Å². The molecular formula is C62H42N2. The van der Waals surface area contributed by atoms with E-state index in [-0.39, 0.29) is 0 Å². The summed E-state index contributed by atoms with van der Waals surface area (Å²) in [6.45, 7) is 0. The molecular weight excluding hydrogens is 773 g/mol. The van der Waals surface area contributed by atoms with Gasteiger partial charge in [0.2, 0.25) is 0 Å². The first-order valence-electron chi connectivity index (χ1n) is 22.0. The molecule has 0 bridgehead atoms. The molecule has 0 spiro atoms. The number of nitrogens with zero attached hydrogens (tertiary/aromatic N) is 2. The largest absolute Gasteiger partial charge is 0.309 e. The molecule has 0 unspecified atom stereocenters. The van der Waals surface area contributed by atoms with Crippen molar-refractivity contribution in [3.63, 3.8) is 0 Å². The van der Waals surface area contributed by atoms with Crippen LogP contribution in [0.5, 0.6) is 0 Å². The van der Waals surface area contributed by atoms with Gasteiger partial charge in [-0.1, -0.05) is 182 Å². The molecule has 12 rings (SSSR count). The van der Waals surface area contributed by atoms with Gasteiger partial charge in [-0.15, -0.1) is 0 Å². The summed E-state index contributed by atoms with van der Waals surface area (Å²) in [4.78, 5) is 0. The Morgan fingerprint density at radius 3 is 0.719 bits per heavy atom. The van der Waals surface area contributed by atoms with Crippen LogP contribution in [-0.4, -0.2) is 9.13 Å². The smallest absolute Gasteiger partial charge is 0.0541 e. The maximum absolute atomic E-state index is 2.40. The van der Waals surface area contributed by atoms with Crippen molar-refractivity contribution in [2.75, 3.05) is 0 Å². The van der Waals surface area contributed by atoms with Gasteiger partial charge in [0.25, 0.3) is 0 Å². The Labute approximate surface area is 372 Å². The van der Waals surface area contributed by atoms with Crippen LogP contribution in [0.25, 0.3) is 112 Å². The fourth-order valence-electron chi connectivity index (χ4n) is 9.51. The molecule has 2 heterocycles. The zero-order valence-corrected chi connectivity index (χ0v) is 35.1. The summed E-state index contributed by atoms with van der Waals surface area (Å²) in [6.07, 6.45) is 4.42. The van der Waals surface area contributed by atoms with Crippen LogP contribution in [0.3, 0.4) is 0 Å². The third kappa shape index (κ3) is 6.70. The molecule has 0 aliphatic heterocycles. The lowest BCUT2D eigenvalue weighted by Crippen LogP contribution is -1.94. The second kappa shape index (κ2) is 15.8. The first-order valence-corrected chi connectivity index (χ1v) is 22.0. The van der Waals surface area contributed by atoms with Crippen LogP contribution in [0.1, 0.15) is 11.1 Å². The number of benzene rings is 10. The lowest BCUT2D eigenvalue weighted by atomic mass is 10.0. The Bertz CT molecular complexity index is 3210. The standard InChI is InChI=1S/C62H42N2/c1-5-13-45(14-6-1)49-27-35-59-55(39-49)56-40-50(46-15-7-2-8-16-46)28-36-60(56)63(59)53-31-23-43(24-32-53)21-22-44-25-33-54(34-26-44)64-61-37-29-51(47-17-9-3-10-18-47)41-57(61)58-42-52(30-38-62(58)64)48-19-11-4-12-20-48/h1-42H. The highest BCUT2D eigenvalue weighted by molar-refractivity contribution is 6.13. The van der Waals surface area contributed by atoms with Gasteiger partial charge in [-0.2, -0.15) is 0 Å². The van der Waals surface area contributed by atoms with Gasteiger partial charge in [0.15, 0.2) is 0 Å². The predicted molar refractivity (Wildman–Crippen MR) is 272 cm³/mol. The van der Waals surface area contributed by atoms with E-state index in [1.807, 2.05) is 0 Å². The molecule has 2 aromatic heterocycles. The third-order valence-electron chi connectivity index (χ3n) is 12.7. The van der Waals surface area contributed by atoms with Crippen molar-refractivity contribution in [1.82, 2.24) is 9.13 Å². The molecule has 0 saturated carbocycles. The molecule has 0 aliphatic rings. The highest BCUT2D eigenvalue weighted by Crippen LogP contribution is 2.39. The number of aromatic nitrogens is 2. The third-order valence-corrected chi connectivity index (χ3v) is 12.7. The van der Waals surface area contributed by atoms with Gasteiger partial charge in [0.1, 0.15) is 0 Å². The number of fused-ring (bicyclic) bond motifs is 6. The van der Waals surface area contributed by atoms with Crippen LogP contribution >= 0.6 is 0 Å². The first kappa shape index (κ1) is 37.3. The molecule has 0 N–H and O–H groups in total. The molecule has 300 valence electrons. The van der Waals surface area contributed by atoms with E-state index in [1.54, 1.807) is 0 Å². The van der Waals surface area contributed by atoms with E-state index in [0.717, 1.165) is 22.5 Å². The molecule has 64 heavy (non-hydrogen) atoms. The van der Waals surface area contributed by atoms with E-state index in [0.29, 0.717) is 0 Å². The molecule has 10 aromatic carbocycles. The minimum absolute atomic E-state index is 1.14. The monoisotopic (exact) mass is 814 g/mol. The fourth-order valence-corrected chi connectivity index (χ4v) is 9.51. The molecule has 0 atom stereocenters. The van der Waals surface area contributed by atoms with Crippen molar-refractivity contribution in [3.05, 3.63) is 254 Å². The van der Waals surface area contributed by atoms with Crippen molar-refractivity contribution >= 4 is 55.8 Å². The second-order valence-corrected chi connectivity index (χ2v) is 16.6. The summed E-state index contributed by atoms with van der Waals surface area (Å²) < 4.78 is 4.81. The number of rotatable bonds is 8. The van der Waals surface area contributed by atoms with Gasteiger partial charge >= 0.3 is 0 Å². The van der Waals surface area contributed by atoms with E-state index in [9.17, 15) is 0 Å². The summed E-state index contributed by atoms with van der Waals surface area (Å²) in [7, 11) is 0. The summed E-state index contributed by atoms with van der Waals surface area (Å²) in [5, 5.41) is 4.99. The number of hydrogen-bond donors (Lipinski definition) is 0. The van der Waals surface area contributed by atoms with Crippen molar-refractivity contribution in [2.24, 2.45) is 0 Å². The van der Waals surface area contributed by atoms with E-state index in [4.69, 9.17) is 0 Å². The molecule has 0 saturated heterocycles. The minimum Gasteiger partial charge on any atom is -0.309 e. The summed E-state index contributed by atoms with van der Waals surface area (Å²) in [5.41, 5.74) is 19.1. The highest BCUT2D eigenvalue weighted by atomic mass is 15.0. The summed E-state index contributed by atoms with van der Waals surface area (Å²) in [6, 6.07) is 88.0. The lowest BCUT2D eigenvalue weighted by molar-refractivity contribution is 1.18. The van der Waals surface area contributed by atoms with Crippen molar-refractivity contribution < 1.29 is 0 Å². The molecule has 0 radical (unpaired) electrons. The Hall–Kier alpha value is -8.46. The van der Waals surface area contributed by atoms with Crippen molar-refractivity contribution in [1.29, 1.82) is 0 Å². The average molecular weight is 815 g/mol. The Morgan fingerprint density at radius 1 is 0.219 bits per heavy atom. The maximum Gasteiger partial charge on any atom is 0.0541 e. The van der Waals surface area contributed by atoms with Gasteiger partial charge < -0.3 is 9.13 Å². The van der Waals surface area contributed by atoms with Crippen LogP contribution < -0.4 is 0 Å². The van der Waals surface area contributed by atoms with Gasteiger partial charge in [0, 0.05) is 32.9 Å².